The molecule has 126 valence electrons. The van der Waals surface area contributed by atoms with E-state index in [1.54, 1.807) is 7.11 Å². The summed E-state index contributed by atoms with van der Waals surface area (Å²) in [5.41, 5.74) is 1.97. The lowest BCUT2D eigenvalue weighted by atomic mass is 10.0. The van der Waals surface area contributed by atoms with Crippen molar-refractivity contribution < 1.29 is 9.53 Å². The number of hydrogen-bond acceptors (Lipinski definition) is 3. The number of rotatable bonds is 5. The van der Waals surface area contributed by atoms with Crippen LogP contribution in [0.15, 0.2) is 48.5 Å². The van der Waals surface area contributed by atoms with Crippen molar-refractivity contribution in [2.45, 2.75) is 18.9 Å². The molecule has 0 spiro atoms. The van der Waals surface area contributed by atoms with Gasteiger partial charge in [-0.05, 0) is 49.2 Å². The van der Waals surface area contributed by atoms with E-state index in [-0.39, 0.29) is 11.9 Å². The van der Waals surface area contributed by atoms with Gasteiger partial charge < -0.3 is 10.1 Å². The number of carbonyl (C=O) groups excluding carboxylic acids is 1. The maximum Gasteiger partial charge on any atom is 0.238 e. The number of ether oxygens (including phenoxy) is 1. The number of methoxy groups -OCH3 is 1. The van der Waals surface area contributed by atoms with Gasteiger partial charge in [0, 0.05) is 22.8 Å². The number of nitrogens with one attached hydrogen (secondary N) is 1. The van der Waals surface area contributed by atoms with Gasteiger partial charge in [-0.25, -0.2) is 0 Å². The molecule has 24 heavy (non-hydrogen) atoms. The van der Waals surface area contributed by atoms with E-state index >= 15 is 0 Å². The Morgan fingerprint density at radius 1 is 1.29 bits per heavy atom. The van der Waals surface area contributed by atoms with Gasteiger partial charge >= 0.3 is 0 Å². The molecule has 0 radical (unpaired) electrons. The van der Waals surface area contributed by atoms with Gasteiger partial charge in [0.2, 0.25) is 5.91 Å². The molecule has 1 aliphatic rings. The van der Waals surface area contributed by atoms with Crippen LogP contribution in [0, 0.1) is 0 Å². The highest BCUT2D eigenvalue weighted by Crippen LogP contribution is 2.32. The quantitative estimate of drug-likeness (QED) is 0.887. The first-order valence-electron chi connectivity index (χ1n) is 8.09. The van der Waals surface area contributed by atoms with Crippen LogP contribution in [-0.2, 0) is 4.79 Å². The van der Waals surface area contributed by atoms with Crippen molar-refractivity contribution in [2.24, 2.45) is 0 Å². The summed E-state index contributed by atoms with van der Waals surface area (Å²) in [6.45, 7) is 1.31. The van der Waals surface area contributed by atoms with Crippen LogP contribution >= 0.6 is 11.6 Å². The van der Waals surface area contributed by atoms with E-state index in [2.05, 4.69) is 10.2 Å². The average molecular weight is 345 g/mol. The third kappa shape index (κ3) is 4.08. The highest BCUT2D eigenvalue weighted by molar-refractivity contribution is 6.30. The summed E-state index contributed by atoms with van der Waals surface area (Å²) in [6.07, 6.45) is 2.16. The predicted octanol–water partition coefficient (Wildman–Crippen LogP) is 4.12. The first kappa shape index (κ1) is 16.8. The lowest BCUT2D eigenvalue weighted by Gasteiger charge is -2.24. The number of likely N-dealkylation sites (tertiary alicyclic amines) is 1. The number of hydrogen-bond donors (Lipinski definition) is 1. The summed E-state index contributed by atoms with van der Waals surface area (Å²) in [4.78, 5) is 14.6. The largest absolute Gasteiger partial charge is 0.497 e. The Labute approximate surface area is 147 Å². The van der Waals surface area contributed by atoms with E-state index in [1.165, 1.54) is 5.56 Å². The van der Waals surface area contributed by atoms with Gasteiger partial charge in [0.05, 0.1) is 13.7 Å². The van der Waals surface area contributed by atoms with Gasteiger partial charge in [-0.1, -0.05) is 29.8 Å². The number of halogens is 1. The third-order valence-electron chi connectivity index (χ3n) is 4.32. The molecule has 0 aromatic heterocycles. The molecule has 2 aromatic carbocycles. The summed E-state index contributed by atoms with van der Waals surface area (Å²) >= 11 is 5.97. The highest BCUT2D eigenvalue weighted by Gasteiger charge is 2.27. The second-order valence-corrected chi connectivity index (χ2v) is 6.40. The van der Waals surface area contributed by atoms with Crippen LogP contribution in [0.5, 0.6) is 5.75 Å². The smallest absolute Gasteiger partial charge is 0.238 e. The van der Waals surface area contributed by atoms with Crippen LogP contribution in [-0.4, -0.2) is 31.0 Å². The lowest BCUT2D eigenvalue weighted by Crippen LogP contribution is -2.32. The fourth-order valence-electron chi connectivity index (χ4n) is 3.16. The number of anilines is 1. The molecule has 1 aliphatic heterocycles. The lowest BCUT2D eigenvalue weighted by molar-refractivity contribution is -0.117. The topological polar surface area (TPSA) is 41.6 Å². The SMILES string of the molecule is COc1cccc(NC(=O)CN2CCCC2c2ccc(Cl)cc2)c1. The van der Waals surface area contributed by atoms with E-state index in [9.17, 15) is 4.79 Å². The van der Waals surface area contributed by atoms with E-state index in [0.717, 1.165) is 35.8 Å². The summed E-state index contributed by atoms with van der Waals surface area (Å²) < 4.78 is 5.18. The van der Waals surface area contributed by atoms with Crippen LogP contribution in [0.3, 0.4) is 0 Å². The van der Waals surface area contributed by atoms with Crippen molar-refractivity contribution in [3.8, 4) is 5.75 Å². The Kier molecular flexibility index (Phi) is 5.38. The van der Waals surface area contributed by atoms with E-state index < -0.39 is 0 Å². The molecule has 1 amide bonds. The van der Waals surface area contributed by atoms with Crippen LogP contribution in [0.2, 0.25) is 5.02 Å². The minimum atomic E-state index is -0.0101. The normalized spacial score (nSPS) is 17.7. The van der Waals surface area contributed by atoms with Crippen molar-refractivity contribution in [3.05, 3.63) is 59.1 Å². The van der Waals surface area contributed by atoms with Crippen molar-refractivity contribution >= 4 is 23.2 Å². The van der Waals surface area contributed by atoms with Crippen molar-refractivity contribution in [1.82, 2.24) is 4.90 Å². The van der Waals surface area contributed by atoms with Gasteiger partial charge in [0.1, 0.15) is 5.75 Å². The van der Waals surface area contributed by atoms with Crippen molar-refractivity contribution in [3.63, 3.8) is 0 Å². The maximum atomic E-state index is 12.4. The van der Waals surface area contributed by atoms with Crippen LogP contribution in [0.25, 0.3) is 0 Å². The molecule has 3 rings (SSSR count). The molecule has 1 saturated heterocycles. The summed E-state index contributed by atoms with van der Waals surface area (Å²) in [6, 6.07) is 15.6. The molecule has 1 N–H and O–H groups in total. The molecule has 1 atom stereocenters. The van der Waals surface area contributed by atoms with Crippen LogP contribution < -0.4 is 10.1 Å². The Hall–Kier alpha value is -2.04. The Morgan fingerprint density at radius 2 is 2.08 bits per heavy atom. The third-order valence-corrected chi connectivity index (χ3v) is 4.57. The second kappa shape index (κ2) is 7.69. The van der Waals surface area contributed by atoms with Gasteiger partial charge in [-0.2, -0.15) is 0 Å². The number of carbonyl (C=O) groups is 1. The second-order valence-electron chi connectivity index (χ2n) is 5.96. The molecule has 4 nitrogen and oxygen atoms in total. The number of benzene rings is 2. The molecule has 2 aromatic rings. The van der Waals surface area contributed by atoms with Crippen LogP contribution in [0.4, 0.5) is 5.69 Å². The maximum absolute atomic E-state index is 12.4. The van der Waals surface area contributed by atoms with Crippen molar-refractivity contribution in [1.29, 1.82) is 0 Å². The van der Waals surface area contributed by atoms with Gasteiger partial charge in [-0.3, -0.25) is 9.69 Å². The Bertz CT molecular complexity index is 703. The summed E-state index contributed by atoms with van der Waals surface area (Å²) in [5, 5.41) is 3.68. The molecule has 1 fully saturated rings. The van der Waals surface area contributed by atoms with Gasteiger partial charge in [0.15, 0.2) is 0 Å². The molecule has 5 heteroatoms. The zero-order valence-corrected chi connectivity index (χ0v) is 14.4. The van der Waals surface area contributed by atoms with E-state index in [4.69, 9.17) is 16.3 Å². The molecule has 0 bridgehead atoms. The molecular weight excluding hydrogens is 324 g/mol. The first-order valence-corrected chi connectivity index (χ1v) is 8.47. The summed E-state index contributed by atoms with van der Waals surface area (Å²) in [7, 11) is 1.61. The highest BCUT2D eigenvalue weighted by atomic mass is 35.5. The van der Waals surface area contributed by atoms with E-state index in [0.29, 0.717) is 6.54 Å². The van der Waals surface area contributed by atoms with Gasteiger partial charge in [0.25, 0.3) is 0 Å². The standard InChI is InChI=1S/C19H21ClN2O2/c1-24-17-5-2-4-16(12-17)21-19(23)13-22-11-3-6-18(22)14-7-9-15(20)10-8-14/h2,4-5,7-10,12,18H,3,6,11,13H2,1H3,(H,21,23). The molecular formula is C19H21ClN2O2. The number of amides is 1. The average Bonchev–Trinajstić information content (AvgIpc) is 3.03. The number of nitrogens with zero attached hydrogens (tertiary/aromatic N) is 1. The summed E-state index contributed by atoms with van der Waals surface area (Å²) in [5.74, 6) is 0.720. The van der Waals surface area contributed by atoms with E-state index in [1.807, 2.05) is 48.5 Å². The van der Waals surface area contributed by atoms with Crippen LogP contribution in [0.1, 0.15) is 24.4 Å². The van der Waals surface area contributed by atoms with Crippen molar-refractivity contribution in [2.75, 3.05) is 25.5 Å². The monoisotopic (exact) mass is 344 g/mol. The molecule has 1 heterocycles. The minimum absolute atomic E-state index is 0.0101. The zero-order valence-electron chi connectivity index (χ0n) is 13.7. The molecule has 1 unspecified atom stereocenters. The fourth-order valence-corrected chi connectivity index (χ4v) is 3.29. The Balaban J connectivity index is 1.63. The Morgan fingerprint density at radius 3 is 2.83 bits per heavy atom. The molecule has 0 aliphatic carbocycles. The molecule has 0 saturated carbocycles. The first-order chi connectivity index (χ1) is 11.7. The minimum Gasteiger partial charge on any atom is -0.497 e. The zero-order chi connectivity index (χ0) is 16.9. The predicted molar refractivity (Wildman–Crippen MR) is 96.6 cm³/mol. The van der Waals surface area contributed by atoms with Gasteiger partial charge in [-0.15, -0.1) is 0 Å². The fraction of sp³-hybridized carbons (Fsp3) is 0.316.